The maximum atomic E-state index is 5.64. The van der Waals surface area contributed by atoms with Crippen LogP contribution in [0.5, 0.6) is 11.5 Å². The van der Waals surface area contributed by atoms with Gasteiger partial charge in [-0.3, -0.25) is 0 Å². The van der Waals surface area contributed by atoms with Gasteiger partial charge in [0.05, 0.1) is 5.69 Å². The molecule has 110 valence electrons. The van der Waals surface area contributed by atoms with Gasteiger partial charge in [0.2, 0.25) is 0 Å². The summed E-state index contributed by atoms with van der Waals surface area (Å²) in [6.07, 6.45) is 0. The van der Waals surface area contributed by atoms with Crippen molar-refractivity contribution in [2.75, 3.05) is 13.2 Å². The van der Waals surface area contributed by atoms with Gasteiger partial charge in [0, 0.05) is 16.5 Å². The smallest absolute Gasteiger partial charge is 0.162 e. The SMILES string of the molecule is Cc1ccc(-c2nc(-c3ccc4c(c3)OCCO4)cs2)cc1. The Morgan fingerprint density at radius 3 is 2.45 bits per heavy atom. The van der Waals surface area contributed by atoms with Crippen LogP contribution in [0, 0.1) is 6.92 Å². The standard InChI is InChI=1S/C18H15NO2S/c1-12-2-4-13(5-3-12)18-19-15(11-22-18)14-6-7-16-17(10-14)21-9-8-20-16/h2-7,10-11H,8-9H2,1H3. The van der Waals surface area contributed by atoms with E-state index in [0.717, 1.165) is 33.3 Å². The molecular formula is C18H15NO2S. The lowest BCUT2D eigenvalue weighted by Crippen LogP contribution is -2.15. The van der Waals surface area contributed by atoms with Gasteiger partial charge in [-0.05, 0) is 25.1 Å². The van der Waals surface area contributed by atoms with E-state index in [-0.39, 0.29) is 0 Å². The maximum Gasteiger partial charge on any atom is 0.162 e. The summed E-state index contributed by atoms with van der Waals surface area (Å²) in [7, 11) is 0. The van der Waals surface area contributed by atoms with Crippen LogP contribution in [0.1, 0.15) is 5.56 Å². The number of benzene rings is 2. The fraction of sp³-hybridized carbons (Fsp3) is 0.167. The Balaban J connectivity index is 1.68. The van der Waals surface area contributed by atoms with Gasteiger partial charge in [-0.1, -0.05) is 29.8 Å². The largest absolute Gasteiger partial charge is 0.486 e. The molecule has 22 heavy (non-hydrogen) atoms. The first-order valence-corrected chi connectivity index (χ1v) is 8.10. The fourth-order valence-corrected chi connectivity index (χ4v) is 3.27. The minimum Gasteiger partial charge on any atom is -0.486 e. The first kappa shape index (κ1) is 13.3. The van der Waals surface area contributed by atoms with Crippen molar-refractivity contribution in [2.24, 2.45) is 0 Å². The second-order valence-corrected chi connectivity index (χ2v) is 6.12. The third-order valence-corrected chi connectivity index (χ3v) is 4.53. The highest BCUT2D eigenvalue weighted by molar-refractivity contribution is 7.13. The van der Waals surface area contributed by atoms with Crippen LogP contribution in [0.2, 0.25) is 0 Å². The van der Waals surface area contributed by atoms with Crippen molar-refractivity contribution in [1.29, 1.82) is 0 Å². The van der Waals surface area contributed by atoms with Gasteiger partial charge in [0.25, 0.3) is 0 Å². The summed E-state index contributed by atoms with van der Waals surface area (Å²) >= 11 is 1.66. The van der Waals surface area contributed by atoms with Gasteiger partial charge in [-0.2, -0.15) is 0 Å². The Hall–Kier alpha value is -2.33. The van der Waals surface area contributed by atoms with Crippen LogP contribution in [0.15, 0.2) is 47.8 Å². The predicted molar refractivity (Wildman–Crippen MR) is 88.7 cm³/mol. The van der Waals surface area contributed by atoms with Crippen LogP contribution in [-0.2, 0) is 0 Å². The predicted octanol–water partition coefficient (Wildman–Crippen LogP) is 4.56. The monoisotopic (exact) mass is 309 g/mol. The van der Waals surface area contributed by atoms with Gasteiger partial charge >= 0.3 is 0 Å². The van der Waals surface area contributed by atoms with Crippen molar-refractivity contribution < 1.29 is 9.47 Å². The molecule has 0 aliphatic carbocycles. The number of ether oxygens (including phenoxy) is 2. The molecule has 0 N–H and O–H groups in total. The zero-order valence-corrected chi connectivity index (χ0v) is 13.0. The highest BCUT2D eigenvalue weighted by atomic mass is 32.1. The molecule has 4 heteroatoms. The van der Waals surface area contributed by atoms with E-state index in [1.165, 1.54) is 5.56 Å². The molecule has 0 radical (unpaired) electrons. The summed E-state index contributed by atoms with van der Waals surface area (Å²) in [6.45, 7) is 3.30. The number of rotatable bonds is 2. The average molecular weight is 309 g/mol. The van der Waals surface area contributed by atoms with Crippen molar-refractivity contribution in [3.8, 4) is 33.3 Å². The molecule has 0 atom stereocenters. The fourth-order valence-electron chi connectivity index (χ4n) is 2.44. The van der Waals surface area contributed by atoms with Gasteiger partial charge in [-0.25, -0.2) is 4.98 Å². The van der Waals surface area contributed by atoms with E-state index in [1.54, 1.807) is 11.3 Å². The Labute approximate surface area is 133 Å². The van der Waals surface area contributed by atoms with Crippen molar-refractivity contribution in [1.82, 2.24) is 4.98 Å². The first-order valence-electron chi connectivity index (χ1n) is 7.22. The Morgan fingerprint density at radius 1 is 0.909 bits per heavy atom. The van der Waals surface area contributed by atoms with Crippen LogP contribution in [0.25, 0.3) is 21.8 Å². The van der Waals surface area contributed by atoms with Gasteiger partial charge in [0.1, 0.15) is 18.2 Å². The number of nitrogens with zero attached hydrogens (tertiary/aromatic N) is 1. The lowest BCUT2D eigenvalue weighted by molar-refractivity contribution is 0.171. The summed E-state index contributed by atoms with van der Waals surface area (Å²) in [4.78, 5) is 4.75. The molecule has 0 unspecified atom stereocenters. The van der Waals surface area contributed by atoms with Gasteiger partial charge in [0.15, 0.2) is 11.5 Å². The molecule has 2 aromatic carbocycles. The van der Waals surface area contributed by atoms with Gasteiger partial charge in [-0.15, -0.1) is 11.3 Å². The number of aryl methyl sites for hydroxylation is 1. The van der Waals surface area contributed by atoms with Crippen LogP contribution < -0.4 is 9.47 Å². The average Bonchev–Trinajstić information content (AvgIpc) is 3.05. The number of aromatic nitrogens is 1. The summed E-state index contributed by atoms with van der Waals surface area (Å²) in [6, 6.07) is 14.4. The molecule has 0 bridgehead atoms. The van der Waals surface area contributed by atoms with Crippen molar-refractivity contribution in [3.05, 3.63) is 53.4 Å². The van der Waals surface area contributed by atoms with E-state index in [1.807, 2.05) is 18.2 Å². The first-order chi connectivity index (χ1) is 10.8. The zero-order valence-electron chi connectivity index (χ0n) is 12.2. The number of hydrogen-bond donors (Lipinski definition) is 0. The second kappa shape index (κ2) is 5.46. The van der Waals surface area contributed by atoms with Crippen molar-refractivity contribution in [3.63, 3.8) is 0 Å². The summed E-state index contributed by atoms with van der Waals surface area (Å²) < 4.78 is 11.2. The van der Waals surface area contributed by atoms with E-state index in [9.17, 15) is 0 Å². The molecule has 0 saturated carbocycles. The van der Waals surface area contributed by atoms with Crippen LogP contribution >= 0.6 is 11.3 Å². The molecule has 2 heterocycles. The molecule has 0 fully saturated rings. The molecule has 0 spiro atoms. The maximum absolute atomic E-state index is 5.64. The Bertz CT molecular complexity index is 808. The summed E-state index contributed by atoms with van der Waals surface area (Å²) in [5, 5.41) is 3.12. The van der Waals surface area contributed by atoms with E-state index < -0.39 is 0 Å². The minimum atomic E-state index is 0.599. The molecule has 1 aliphatic rings. The van der Waals surface area contributed by atoms with E-state index in [4.69, 9.17) is 14.5 Å². The Morgan fingerprint density at radius 2 is 1.64 bits per heavy atom. The van der Waals surface area contributed by atoms with Crippen molar-refractivity contribution >= 4 is 11.3 Å². The second-order valence-electron chi connectivity index (χ2n) is 5.26. The Kier molecular flexibility index (Phi) is 3.31. The molecule has 1 aromatic heterocycles. The third-order valence-electron chi connectivity index (χ3n) is 3.64. The quantitative estimate of drug-likeness (QED) is 0.695. The summed E-state index contributed by atoms with van der Waals surface area (Å²) in [5.41, 5.74) is 4.43. The lowest BCUT2D eigenvalue weighted by Gasteiger charge is -2.18. The number of fused-ring (bicyclic) bond motifs is 1. The third kappa shape index (κ3) is 2.46. The molecule has 3 aromatic rings. The zero-order chi connectivity index (χ0) is 14.9. The highest BCUT2D eigenvalue weighted by Crippen LogP contribution is 2.36. The molecule has 0 amide bonds. The molecule has 3 nitrogen and oxygen atoms in total. The molecule has 4 rings (SSSR count). The van der Waals surface area contributed by atoms with E-state index >= 15 is 0 Å². The van der Waals surface area contributed by atoms with Crippen LogP contribution in [0.4, 0.5) is 0 Å². The minimum absolute atomic E-state index is 0.599. The lowest BCUT2D eigenvalue weighted by atomic mass is 10.1. The van der Waals surface area contributed by atoms with Crippen LogP contribution in [0.3, 0.4) is 0 Å². The summed E-state index contributed by atoms with van der Waals surface area (Å²) in [5.74, 6) is 1.61. The highest BCUT2D eigenvalue weighted by Gasteiger charge is 2.14. The normalized spacial score (nSPS) is 13.1. The number of thiazole rings is 1. The van der Waals surface area contributed by atoms with Crippen LogP contribution in [-0.4, -0.2) is 18.2 Å². The topological polar surface area (TPSA) is 31.4 Å². The number of hydrogen-bond acceptors (Lipinski definition) is 4. The molecule has 0 saturated heterocycles. The van der Waals surface area contributed by atoms with Gasteiger partial charge < -0.3 is 9.47 Å². The van der Waals surface area contributed by atoms with Crippen molar-refractivity contribution in [2.45, 2.75) is 6.92 Å². The molecular weight excluding hydrogens is 294 g/mol. The van der Waals surface area contributed by atoms with E-state index in [0.29, 0.717) is 13.2 Å². The molecule has 1 aliphatic heterocycles. The van der Waals surface area contributed by atoms with E-state index in [2.05, 4.69) is 36.6 Å².